The van der Waals surface area contributed by atoms with Crippen molar-refractivity contribution >= 4 is 28.1 Å². The van der Waals surface area contributed by atoms with Crippen LogP contribution in [0.2, 0.25) is 0 Å². The number of para-hydroxylation sites is 1. The number of anilines is 1. The number of rotatable bonds is 3. The van der Waals surface area contributed by atoms with Crippen molar-refractivity contribution in [3.8, 4) is 11.4 Å². The lowest BCUT2D eigenvalue weighted by Gasteiger charge is -2.37. The zero-order valence-corrected chi connectivity index (χ0v) is 17.7. The number of piperidine rings is 1. The van der Waals surface area contributed by atoms with Gasteiger partial charge in [0.25, 0.3) is 0 Å². The highest BCUT2D eigenvalue weighted by molar-refractivity contribution is 7.08. The highest BCUT2D eigenvalue weighted by atomic mass is 32.1. The summed E-state index contributed by atoms with van der Waals surface area (Å²) in [7, 11) is 0. The molecule has 1 atom stereocenters. The normalized spacial score (nSPS) is 19.2. The number of aromatic nitrogens is 5. The van der Waals surface area contributed by atoms with Crippen molar-refractivity contribution in [2.24, 2.45) is 0 Å². The molecule has 0 amide bonds. The topological polar surface area (TPSA) is 59.7 Å². The van der Waals surface area contributed by atoms with E-state index in [1.807, 2.05) is 0 Å². The van der Waals surface area contributed by atoms with Gasteiger partial charge >= 0.3 is 0 Å². The molecule has 0 saturated carbocycles. The first kappa shape index (κ1) is 18.0. The Morgan fingerprint density at radius 3 is 2.80 bits per heavy atom. The standard InChI is InChI=1S/C23H24N6S/c1-2-8-18-17(7-1)22(25-21(24-18)16-11-14-30-15-16)28-12-5-3-9-19(28)23-27-26-20-10-4-6-13-29(20)23/h1-2,7-8,11,14-15,19H,3-6,9-10,12-13H2. The maximum atomic E-state index is 5.10. The van der Waals surface area contributed by atoms with E-state index in [9.17, 15) is 0 Å². The molecule has 0 N–H and O–H groups in total. The highest BCUT2D eigenvalue weighted by Gasteiger charge is 2.32. The van der Waals surface area contributed by atoms with Gasteiger partial charge in [-0.3, -0.25) is 0 Å². The maximum Gasteiger partial charge on any atom is 0.162 e. The van der Waals surface area contributed by atoms with Crippen LogP contribution < -0.4 is 4.90 Å². The zero-order valence-electron chi connectivity index (χ0n) is 16.9. The van der Waals surface area contributed by atoms with Crippen molar-refractivity contribution < 1.29 is 0 Å². The number of aryl methyl sites for hydroxylation is 1. The van der Waals surface area contributed by atoms with Crippen molar-refractivity contribution in [3.05, 3.63) is 52.7 Å². The van der Waals surface area contributed by atoms with Crippen LogP contribution >= 0.6 is 11.3 Å². The van der Waals surface area contributed by atoms with Crippen molar-refractivity contribution in [1.29, 1.82) is 0 Å². The maximum absolute atomic E-state index is 5.10. The van der Waals surface area contributed by atoms with Crippen molar-refractivity contribution in [2.45, 2.75) is 51.1 Å². The number of hydrogen-bond donors (Lipinski definition) is 0. The molecule has 6 nitrogen and oxygen atoms in total. The Bertz CT molecular complexity index is 1180. The van der Waals surface area contributed by atoms with E-state index >= 15 is 0 Å². The predicted octanol–water partition coefficient (Wildman–Crippen LogP) is 5.02. The van der Waals surface area contributed by atoms with E-state index < -0.39 is 0 Å². The van der Waals surface area contributed by atoms with Gasteiger partial charge in [0.1, 0.15) is 11.6 Å². The molecule has 30 heavy (non-hydrogen) atoms. The second-order valence-electron chi connectivity index (χ2n) is 8.19. The van der Waals surface area contributed by atoms with Crippen LogP contribution in [0.4, 0.5) is 5.82 Å². The molecule has 2 aliphatic rings. The third-order valence-corrected chi connectivity index (χ3v) is 7.01. The molecular formula is C23H24N6S. The third kappa shape index (κ3) is 2.99. The fourth-order valence-corrected chi connectivity index (χ4v) is 5.46. The lowest BCUT2D eigenvalue weighted by molar-refractivity contribution is 0.421. The summed E-state index contributed by atoms with van der Waals surface area (Å²) in [6.07, 6.45) is 6.94. The molecule has 7 heteroatoms. The molecule has 0 aliphatic carbocycles. The Labute approximate surface area is 179 Å². The number of benzene rings is 1. The Morgan fingerprint density at radius 1 is 0.933 bits per heavy atom. The van der Waals surface area contributed by atoms with Crippen LogP contribution in [0.25, 0.3) is 22.3 Å². The molecule has 6 rings (SSSR count). The molecule has 1 saturated heterocycles. The summed E-state index contributed by atoms with van der Waals surface area (Å²) in [6, 6.07) is 10.7. The number of nitrogens with zero attached hydrogens (tertiary/aromatic N) is 6. The summed E-state index contributed by atoms with van der Waals surface area (Å²) in [5.74, 6) is 4.09. The molecular weight excluding hydrogens is 392 g/mol. The van der Waals surface area contributed by atoms with Crippen LogP contribution in [-0.4, -0.2) is 31.3 Å². The summed E-state index contributed by atoms with van der Waals surface area (Å²) in [5, 5.41) is 14.5. The quantitative estimate of drug-likeness (QED) is 0.469. The Balaban J connectivity index is 1.50. The van der Waals surface area contributed by atoms with Gasteiger partial charge in [-0.15, -0.1) is 10.2 Å². The second kappa shape index (κ2) is 7.47. The van der Waals surface area contributed by atoms with Crippen molar-refractivity contribution in [3.63, 3.8) is 0 Å². The SMILES string of the molecule is c1ccc2c(N3CCCCC3c3nnc4n3CCCC4)nc(-c3ccsc3)nc2c1. The van der Waals surface area contributed by atoms with Gasteiger partial charge in [0, 0.05) is 35.8 Å². The van der Waals surface area contributed by atoms with Gasteiger partial charge in [-0.2, -0.15) is 11.3 Å². The van der Waals surface area contributed by atoms with Gasteiger partial charge < -0.3 is 9.47 Å². The van der Waals surface area contributed by atoms with E-state index in [1.165, 1.54) is 25.7 Å². The number of hydrogen-bond acceptors (Lipinski definition) is 6. The van der Waals surface area contributed by atoms with Crippen LogP contribution in [-0.2, 0) is 13.0 Å². The molecule has 2 aliphatic heterocycles. The van der Waals surface area contributed by atoms with Crippen LogP contribution in [0.5, 0.6) is 0 Å². The van der Waals surface area contributed by atoms with E-state index in [1.54, 1.807) is 11.3 Å². The van der Waals surface area contributed by atoms with Gasteiger partial charge in [-0.1, -0.05) is 12.1 Å². The molecule has 0 radical (unpaired) electrons. The van der Waals surface area contributed by atoms with E-state index in [0.717, 1.165) is 65.7 Å². The second-order valence-corrected chi connectivity index (χ2v) is 8.97. The summed E-state index contributed by atoms with van der Waals surface area (Å²) in [5.41, 5.74) is 2.08. The van der Waals surface area contributed by atoms with E-state index in [0.29, 0.717) is 0 Å². The minimum absolute atomic E-state index is 0.215. The Morgan fingerprint density at radius 2 is 1.87 bits per heavy atom. The smallest absolute Gasteiger partial charge is 0.162 e. The molecule has 0 spiro atoms. The highest BCUT2D eigenvalue weighted by Crippen LogP contribution is 2.38. The van der Waals surface area contributed by atoms with Crippen LogP contribution in [0.3, 0.4) is 0 Å². The lowest BCUT2D eigenvalue weighted by Crippen LogP contribution is -2.36. The summed E-state index contributed by atoms with van der Waals surface area (Å²) >= 11 is 1.68. The molecule has 0 bridgehead atoms. The van der Waals surface area contributed by atoms with Gasteiger partial charge in [0.15, 0.2) is 11.6 Å². The summed E-state index contributed by atoms with van der Waals surface area (Å²) in [4.78, 5) is 12.4. The van der Waals surface area contributed by atoms with Crippen LogP contribution in [0.1, 0.15) is 49.8 Å². The van der Waals surface area contributed by atoms with Gasteiger partial charge in [-0.25, -0.2) is 9.97 Å². The van der Waals surface area contributed by atoms with E-state index in [-0.39, 0.29) is 6.04 Å². The summed E-state index contributed by atoms with van der Waals surface area (Å²) < 4.78 is 2.37. The lowest BCUT2D eigenvalue weighted by atomic mass is 10.00. The fraction of sp³-hybridized carbons (Fsp3) is 0.391. The minimum Gasteiger partial charge on any atom is -0.346 e. The zero-order chi connectivity index (χ0) is 19.9. The van der Waals surface area contributed by atoms with Crippen LogP contribution in [0, 0.1) is 0 Å². The summed E-state index contributed by atoms with van der Waals surface area (Å²) in [6.45, 7) is 2.02. The molecule has 1 aromatic carbocycles. The first-order valence-corrected chi connectivity index (χ1v) is 11.8. The number of fused-ring (bicyclic) bond motifs is 2. The molecule has 3 aromatic heterocycles. The van der Waals surface area contributed by atoms with Crippen LogP contribution in [0.15, 0.2) is 41.1 Å². The Kier molecular flexibility index (Phi) is 4.48. The molecule has 152 valence electrons. The largest absolute Gasteiger partial charge is 0.346 e. The third-order valence-electron chi connectivity index (χ3n) is 6.32. The fourth-order valence-electron chi connectivity index (χ4n) is 4.83. The minimum atomic E-state index is 0.215. The monoisotopic (exact) mass is 416 g/mol. The molecule has 4 aromatic rings. The average Bonchev–Trinajstić information content (AvgIpc) is 3.49. The van der Waals surface area contributed by atoms with Gasteiger partial charge in [0.2, 0.25) is 0 Å². The van der Waals surface area contributed by atoms with Gasteiger partial charge in [0.05, 0.1) is 11.6 Å². The Hall–Kier alpha value is -2.80. The predicted molar refractivity (Wildman–Crippen MR) is 120 cm³/mol. The van der Waals surface area contributed by atoms with E-state index in [2.05, 4.69) is 60.8 Å². The molecule has 1 unspecified atom stereocenters. The average molecular weight is 417 g/mol. The van der Waals surface area contributed by atoms with Gasteiger partial charge in [-0.05, 0) is 55.7 Å². The number of thiophene rings is 1. The van der Waals surface area contributed by atoms with E-state index in [4.69, 9.17) is 9.97 Å². The van der Waals surface area contributed by atoms with Crippen molar-refractivity contribution in [2.75, 3.05) is 11.4 Å². The first-order chi connectivity index (χ1) is 14.9. The molecule has 1 fully saturated rings. The first-order valence-electron chi connectivity index (χ1n) is 10.9. The van der Waals surface area contributed by atoms with Crippen molar-refractivity contribution in [1.82, 2.24) is 24.7 Å². The molecule has 5 heterocycles.